The summed E-state index contributed by atoms with van der Waals surface area (Å²) in [5, 5.41) is 15.9. The van der Waals surface area contributed by atoms with Crippen molar-refractivity contribution in [2.75, 3.05) is 5.32 Å². The molecule has 3 rings (SSSR count). The molecule has 3 nitrogen and oxygen atoms in total. The summed E-state index contributed by atoms with van der Waals surface area (Å²) in [6.45, 7) is 4.70. The predicted molar refractivity (Wildman–Crippen MR) is 80.2 cm³/mol. The van der Waals surface area contributed by atoms with E-state index in [2.05, 4.69) is 34.9 Å². The highest BCUT2D eigenvalue weighted by atomic mass is 14.9. The van der Waals surface area contributed by atoms with Gasteiger partial charge < -0.3 is 10.6 Å². The SMILES string of the molecule is Cc1ccc(C#N)c(NCc2ccc3c(c2)CNC3)c1. The number of anilines is 1. The van der Waals surface area contributed by atoms with Crippen LogP contribution in [0, 0.1) is 18.3 Å². The van der Waals surface area contributed by atoms with Gasteiger partial charge in [0.2, 0.25) is 0 Å². The first-order valence-electron chi connectivity index (χ1n) is 6.82. The Morgan fingerprint density at radius 3 is 2.85 bits per heavy atom. The van der Waals surface area contributed by atoms with Crippen LogP contribution in [-0.2, 0) is 19.6 Å². The van der Waals surface area contributed by atoms with Crippen molar-refractivity contribution in [1.82, 2.24) is 5.32 Å². The van der Waals surface area contributed by atoms with Gasteiger partial charge in [-0.3, -0.25) is 0 Å². The van der Waals surface area contributed by atoms with E-state index in [9.17, 15) is 0 Å². The fraction of sp³-hybridized carbons (Fsp3) is 0.235. The molecule has 100 valence electrons. The molecule has 0 saturated heterocycles. The van der Waals surface area contributed by atoms with Crippen molar-refractivity contribution in [1.29, 1.82) is 5.26 Å². The second-order valence-corrected chi connectivity index (χ2v) is 5.22. The zero-order valence-corrected chi connectivity index (χ0v) is 11.5. The van der Waals surface area contributed by atoms with E-state index in [0.717, 1.165) is 30.9 Å². The molecule has 2 aromatic rings. The summed E-state index contributed by atoms with van der Waals surface area (Å²) in [4.78, 5) is 0. The topological polar surface area (TPSA) is 47.9 Å². The first-order chi connectivity index (χ1) is 9.76. The van der Waals surface area contributed by atoms with Gasteiger partial charge in [0.15, 0.2) is 0 Å². The lowest BCUT2D eigenvalue weighted by Crippen LogP contribution is -2.02. The summed E-state index contributed by atoms with van der Waals surface area (Å²) in [6.07, 6.45) is 0. The monoisotopic (exact) mass is 263 g/mol. The van der Waals surface area contributed by atoms with E-state index in [1.54, 1.807) is 0 Å². The molecular weight excluding hydrogens is 246 g/mol. The zero-order valence-electron chi connectivity index (χ0n) is 11.5. The lowest BCUT2D eigenvalue weighted by atomic mass is 10.1. The average molecular weight is 263 g/mol. The quantitative estimate of drug-likeness (QED) is 0.894. The normalized spacial score (nSPS) is 12.8. The largest absolute Gasteiger partial charge is 0.380 e. The number of benzene rings is 2. The van der Waals surface area contributed by atoms with Crippen molar-refractivity contribution < 1.29 is 0 Å². The van der Waals surface area contributed by atoms with Gasteiger partial charge in [0.05, 0.1) is 11.3 Å². The molecule has 1 aliphatic rings. The van der Waals surface area contributed by atoms with E-state index >= 15 is 0 Å². The van der Waals surface area contributed by atoms with Crippen molar-refractivity contribution in [2.24, 2.45) is 0 Å². The number of nitrogens with one attached hydrogen (secondary N) is 2. The van der Waals surface area contributed by atoms with Crippen LogP contribution in [0.4, 0.5) is 5.69 Å². The molecule has 2 N–H and O–H groups in total. The van der Waals surface area contributed by atoms with Crippen molar-refractivity contribution in [3.8, 4) is 6.07 Å². The number of hydrogen-bond acceptors (Lipinski definition) is 3. The summed E-state index contributed by atoms with van der Waals surface area (Å²) in [5.74, 6) is 0. The molecule has 0 amide bonds. The number of fused-ring (bicyclic) bond motifs is 1. The number of nitrogens with zero attached hydrogens (tertiary/aromatic N) is 1. The van der Waals surface area contributed by atoms with Gasteiger partial charge in [-0.2, -0.15) is 5.26 Å². The van der Waals surface area contributed by atoms with Crippen molar-refractivity contribution in [2.45, 2.75) is 26.6 Å². The summed E-state index contributed by atoms with van der Waals surface area (Å²) >= 11 is 0. The molecule has 3 heteroatoms. The standard InChI is InChI=1S/C17H17N3/c1-12-2-4-14(8-18)17(6-12)20-9-13-3-5-15-10-19-11-16(15)7-13/h2-7,19-20H,9-11H2,1H3. The van der Waals surface area contributed by atoms with E-state index < -0.39 is 0 Å². The average Bonchev–Trinajstić information content (AvgIpc) is 2.92. The van der Waals surface area contributed by atoms with E-state index in [1.165, 1.54) is 16.7 Å². The van der Waals surface area contributed by atoms with Gasteiger partial charge in [0.1, 0.15) is 6.07 Å². The number of aryl methyl sites for hydroxylation is 1. The fourth-order valence-corrected chi connectivity index (χ4v) is 2.56. The molecule has 0 spiro atoms. The first kappa shape index (κ1) is 12.7. The van der Waals surface area contributed by atoms with Crippen LogP contribution < -0.4 is 10.6 Å². The molecule has 2 aromatic carbocycles. The minimum atomic E-state index is 0.693. The fourth-order valence-electron chi connectivity index (χ4n) is 2.56. The van der Waals surface area contributed by atoms with Gasteiger partial charge in [-0.1, -0.05) is 24.3 Å². The molecule has 0 radical (unpaired) electrons. The molecule has 0 atom stereocenters. The van der Waals surface area contributed by atoms with Crippen LogP contribution in [0.3, 0.4) is 0 Å². The van der Waals surface area contributed by atoms with E-state index in [-0.39, 0.29) is 0 Å². The van der Waals surface area contributed by atoms with Crippen LogP contribution in [0.25, 0.3) is 0 Å². The minimum absolute atomic E-state index is 0.693. The van der Waals surface area contributed by atoms with Crippen LogP contribution in [0.15, 0.2) is 36.4 Å². The highest BCUT2D eigenvalue weighted by Gasteiger charge is 2.10. The Morgan fingerprint density at radius 1 is 1.15 bits per heavy atom. The summed E-state index contributed by atoms with van der Waals surface area (Å²) in [7, 11) is 0. The van der Waals surface area contributed by atoms with Crippen LogP contribution in [0.5, 0.6) is 0 Å². The second kappa shape index (κ2) is 5.36. The number of hydrogen-bond donors (Lipinski definition) is 2. The summed E-state index contributed by atoms with van der Waals surface area (Å²) in [6, 6.07) is 14.7. The van der Waals surface area contributed by atoms with Crippen molar-refractivity contribution in [3.63, 3.8) is 0 Å². The Morgan fingerprint density at radius 2 is 2.00 bits per heavy atom. The Labute approximate surface area is 119 Å². The molecule has 0 unspecified atom stereocenters. The third-order valence-corrected chi connectivity index (χ3v) is 3.68. The minimum Gasteiger partial charge on any atom is -0.380 e. The number of nitriles is 1. The Kier molecular flexibility index (Phi) is 3.41. The molecule has 1 aliphatic heterocycles. The lowest BCUT2D eigenvalue weighted by Gasteiger charge is -2.10. The van der Waals surface area contributed by atoms with E-state index in [0.29, 0.717) is 5.56 Å². The Hall–Kier alpha value is -2.31. The summed E-state index contributed by atoms with van der Waals surface area (Å²) < 4.78 is 0. The van der Waals surface area contributed by atoms with Crippen LogP contribution in [0.2, 0.25) is 0 Å². The van der Waals surface area contributed by atoms with Gasteiger partial charge in [-0.25, -0.2) is 0 Å². The molecule has 0 aliphatic carbocycles. The maximum Gasteiger partial charge on any atom is 0.101 e. The van der Waals surface area contributed by atoms with Gasteiger partial charge in [0.25, 0.3) is 0 Å². The van der Waals surface area contributed by atoms with Crippen LogP contribution >= 0.6 is 0 Å². The maximum absolute atomic E-state index is 9.14. The molecule has 20 heavy (non-hydrogen) atoms. The smallest absolute Gasteiger partial charge is 0.101 e. The third kappa shape index (κ3) is 2.52. The van der Waals surface area contributed by atoms with Gasteiger partial charge in [0, 0.05) is 19.6 Å². The molecule has 0 saturated carbocycles. The predicted octanol–water partition coefficient (Wildman–Crippen LogP) is 3.08. The zero-order chi connectivity index (χ0) is 13.9. The number of rotatable bonds is 3. The van der Waals surface area contributed by atoms with E-state index in [4.69, 9.17) is 5.26 Å². The highest BCUT2D eigenvalue weighted by molar-refractivity contribution is 5.59. The van der Waals surface area contributed by atoms with Gasteiger partial charge in [-0.05, 0) is 41.3 Å². The first-order valence-corrected chi connectivity index (χ1v) is 6.82. The molecular formula is C17H17N3. The molecule has 0 aromatic heterocycles. The lowest BCUT2D eigenvalue weighted by molar-refractivity contribution is 0.764. The molecule has 0 bridgehead atoms. The van der Waals surface area contributed by atoms with E-state index in [1.807, 2.05) is 25.1 Å². The van der Waals surface area contributed by atoms with Crippen molar-refractivity contribution >= 4 is 5.69 Å². The Balaban J connectivity index is 1.77. The Bertz CT molecular complexity index is 683. The summed E-state index contributed by atoms with van der Waals surface area (Å²) in [5.41, 5.74) is 6.78. The second-order valence-electron chi connectivity index (χ2n) is 5.22. The van der Waals surface area contributed by atoms with Gasteiger partial charge in [-0.15, -0.1) is 0 Å². The molecule has 0 fully saturated rings. The van der Waals surface area contributed by atoms with Crippen LogP contribution in [0.1, 0.15) is 27.8 Å². The molecule has 1 heterocycles. The third-order valence-electron chi connectivity index (χ3n) is 3.68. The van der Waals surface area contributed by atoms with Crippen molar-refractivity contribution in [3.05, 3.63) is 64.2 Å². The van der Waals surface area contributed by atoms with Crippen LogP contribution in [-0.4, -0.2) is 0 Å². The van der Waals surface area contributed by atoms with Gasteiger partial charge >= 0.3 is 0 Å². The highest BCUT2D eigenvalue weighted by Crippen LogP contribution is 2.20. The maximum atomic E-state index is 9.14.